The van der Waals surface area contributed by atoms with E-state index in [9.17, 15) is 0 Å². The van der Waals surface area contributed by atoms with Crippen molar-refractivity contribution in [2.75, 3.05) is 6.61 Å². The van der Waals surface area contributed by atoms with Crippen LogP contribution in [0, 0.1) is 5.41 Å². The summed E-state index contributed by atoms with van der Waals surface area (Å²) < 4.78 is 6.84. The monoisotopic (exact) mass is 416 g/mol. The summed E-state index contributed by atoms with van der Waals surface area (Å²) in [7, 11) is -1.56. The van der Waals surface area contributed by atoms with Crippen molar-refractivity contribution < 1.29 is 9.53 Å². The van der Waals surface area contributed by atoms with E-state index < -0.39 is 8.32 Å². The van der Waals surface area contributed by atoms with Gasteiger partial charge in [-0.3, -0.25) is 0 Å². The second kappa shape index (κ2) is 11.9. The minimum absolute atomic E-state index is 0.0877. The van der Waals surface area contributed by atoms with Gasteiger partial charge in [-0.05, 0) is 62.7 Å². The molecule has 3 heteroatoms. The van der Waals surface area contributed by atoms with Crippen molar-refractivity contribution in [3.63, 3.8) is 0 Å². The van der Waals surface area contributed by atoms with Crippen molar-refractivity contribution in [3.8, 4) is 0 Å². The number of rotatable bonds is 10. The van der Waals surface area contributed by atoms with Gasteiger partial charge >= 0.3 is 0 Å². The molecule has 1 unspecified atom stereocenters. The van der Waals surface area contributed by atoms with Crippen LogP contribution in [0.4, 0.5) is 0 Å². The van der Waals surface area contributed by atoms with Crippen LogP contribution in [0.1, 0.15) is 68.2 Å². The SMILES string of the molecule is CC[Si](CC)(CC)OC1CC(C)=C(/C=C/C(C)=C/C=C/C(C)=C/CO)C(C)(C)C1. The second-order valence-electron chi connectivity index (χ2n) is 9.20. The molecule has 0 fully saturated rings. The Hall–Kier alpha value is -1.16. The molecular formula is C26H44O2Si. The lowest BCUT2D eigenvalue weighted by Gasteiger charge is -2.42. The number of aliphatic hydroxyl groups excluding tert-OH is 1. The molecule has 1 atom stereocenters. The molecule has 0 aromatic heterocycles. The Balaban J connectivity index is 2.94. The van der Waals surface area contributed by atoms with Crippen LogP contribution >= 0.6 is 0 Å². The van der Waals surface area contributed by atoms with E-state index in [1.165, 1.54) is 34.9 Å². The molecule has 0 amide bonds. The smallest absolute Gasteiger partial charge is 0.192 e. The lowest BCUT2D eigenvalue weighted by atomic mass is 9.71. The van der Waals surface area contributed by atoms with Gasteiger partial charge in [0.15, 0.2) is 8.32 Å². The van der Waals surface area contributed by atoms with Crippen molar-refractivity contribution in [2.45, 2.75) is 92.5 Å². The van der Waals surface area contributed by atoms with E-state index in [4.69, 9.17) is 9.53 Å². The molecule has 0 saturated heterocycles. The minimum Gasteiger partial charge on any atom is -0.414 e. The molecule has 2 nitrogen and oxygen atoms in total. The van der Waals surface area contributed by atoms with Crippen molar-refractivity contribution in [1.82, 2.24) is 0 Å². The van der Waals surface area contributed by atoms with E-state index in [0.717, 1.165) is 18.4 Å². The summed E-state index contributed by atoms with van der Waals surface area (Å²) in [4.78, 5) is 0. The maximum absolute atomic E-state index is 8.92. The van der Waals surface area contributed by atoms with Gasteiger partial charge in [0.25, 0.3) is 0 Å². The molecule has 0 heterocycles. The number of hydrogen-bond donors (Lipinski definition) is 1. The molecule has 1 rings (SSSR count). The van der Waals surface area contributed by atoms with Crippen LogP contribution in [0.15, 0.2) is 58.7 Å². The Labute approximate surface area is 181 Å². The van der Waals surface area contributed by atoms with Crippen molar-refractivity contribution >= 4 is 8.32 Å². The molecule has 0 saturated carbocycles. The molecule has 164 valence electrons. The summed E-state index contributed by atoms with van der Waals surface area (Å²) >= 11 is 0. The van der Waals surface area contributed by atoms with Crippen LogP contribution in [0.25, 0.3) is 0 Å². The van der Waals surface area contributed by atoms with E-state index in [2.05, 4.69) is 66.7 Å². The standard InChI is InChI=1S/C26H44O2Si/c1-9-29(10-2,11-3)28-24-19-23(6)25(26(7,8)20-24)16-15-21(4)13-12-14-22(5)17-18-27/h12-17,24,27H,9-11,18-20H2,1-8H3/b14-12+,16-15+,21-13+,22-17+. The van der Waals surface area contributed by atoms with Crippen LogP contribution in [0.3, 0.4) is 0 Å². The van der Waals surface area contributed by atoms with Gasteiger partial charge in [0.2, 0.25) is 0 Å². The molecule has 0 aromatic carbocycles. The fraction of sp³-hybridized carbons (Fsp3) is 0.615. The topological polar surface area (TPSA) is 29.5 Å². The summed E-state index contributed by atoms with van der Waals surface area (Å²) in [5, 5.41) is 8.92. The molecule has 0 aromatic rings. The quantitative estimate of drug-likeness (QED) is 0.295. The first-order valence-corrected chi connectivity index (χ1v) is 13.8. The normalized spacial score (nSPS) is 21.6. The molecule has 29 heavy (non-hydrogen) atoms. The first kappa shape index (κ1) is 25.9. The third-order valence-corrected chi connectivity index (χ3v) is 11.2. The highest BCUT2D eigenvalue weighted by Crippen LogP contribution is 2.43. The Morgan fingerprint density at radius 2 is 1.72 bits per heavy atom. The molecule has 1 aliphatic rings. The van der Waals surface area contributed by atoms with E-state index in [-0.39, 0.29) is 12.0 Å². The van der Waals surface area contributed by atoms with E-state index in [1.807, 2.05) is 19.1 Å². The maximum Gasteiger partial charge on any atom is 0.192 e. The van der Waals surface area contributed by atoms with Crippen LogP contribution in [-0.4, -0.2) is 26.1 Å². The summed E-state index contributed by atoms with van der Waals surface area (Å²) in [6.45, 7) is 18.2. The molecule has 0 bridgehead atoms. The first-order valence-electron chi connectivity index (χ1n) is 11.3. The summed E-state index contributed by atoms with van der Waals surface area (Å²) in [6, 6.07) is 3.66. The number of allylic oxidation sites excluding steroid dienone is 8. The average Bonchev–Trinajstić information content (AvgIpc) is 2.65. The molecule has 0 spiro atoms. The summed E-state index contributed by atoms with van der Waals surface area (Å²) in [6.07, 6.45) is 15.1. The highest BCUT2D eigenvalue weighted by molar-refractivity contribution is 6.73. The van der Waals surface area contributed by atoms with Gasteiger partial charge in [-0.2, -0.15) is 0 Å². The Bertz CT molecular complexity index is 665. The zero-order valence-corrected chi connectivity index (χ0v) is 21.1. The molecule has 0 aliphatic heterocycles. The first-order chi connectivity index (χ1) is 13.6. The third kappa shape index (κ3) is 7.88. The zero-order chi connectivity index (χ0) is 22.1. The maximum atomic E-state index is 8.92. The van der Waals surface area contributed by atoms with E-state index in [1.54, 1.807) is 6.08 Å². The van der Waals surface area contributed by atoms with E-state index >= 15 is 0 Å². The van der Waals surface area contributed by atoms with E-state index in [0.29, 0.717) is 6.10 Å². The highest BCUT2D eigenvalue weighted by atomic mass is 28.4. The Morgan fingerprint density at radius 3 is 2.24 bits per heavy atom. The van der Waals surface area contributed by atoms with Gasteiger partial charge < -0.3 is 9.53 Å². The van der Waals surface area contributed by atoms with Crippen LogP contribution in [0.2, 0.25) is 18.1 Å². The number of aliphatic hydroxyl groups is 1. The second-order valence-corrected chi connectivity index (χ2v) is 13.9. The Morgan fingerprint density at radius 1 is 1.10 bits per heavy atom. The molecular weight excluding hydrogens is 372 g/mol. The zero-order valence-electron chi connectivity index (χ0n) is 20.1. The number of hydrogen-bond acceptors (Lipinski definition) is 2. The molecule has 1 aliphatic carbocycles. The third-order valence-electron chi connectivity index (χ3n) is 6.45. The average molecular weight is 417 g/mol. The highest BCUT2D eigenvalue weighted by Gasteiger charge is 2.38. The van der Waals surface area contributed by atoms with Gasteiger partial charge in [-0.1, -0.05) is 87.8 Å². The van der Waals surface area contributed by atoms with Gasteiger partial charge in [-0.15, -0.1) is 0 Å². The Kier molecular flexibility index (Phi) is 10.6. The summed E-state index contributed by atoms with van der Waals surface area (Å²) in [5.41, 5.74) is 5.36. The van der Waals surface area contributed by atoms with Crippen molar-refractivity contribution in [2.24, 2.45) is 5.41 Å². The van der Waals surface area contributed by atoms with Crippen LogP contribution in [0.5, 0.6) is 0 Å². The predicted octanol–water partition coefficient (Wildman–Crippen LogP) is 7.51. The molecule has 1 N–H and O–H groups in total. The van der Waals surface area contributed by atoms with Crippen LogP contribution < -0.4 is 0 Å². The van der Waals surface area contributed by atoms with Crippen LogP contribution in [-0.2, 0) is 4.43 Å². The van der Waals surface area contributed by atoms with Gasteiger partial charge in [0, 0.05) is 6.10 Å². The van der Waals surface area contributed by atoms with Gasteiger partial charge in [0.1, 0.15) is 0 Å². The largest absolute Gasteiger partial charge is 0.414 e. The van der Waals surface area contributed by atoms with Crippen molar-refractivity contribution in [3.05, 3.63) is 58.7 Å². The fourth-order valence-electron chi connectivity index (χ4n) is 4.42. The lowest BCUT2D eigenvalue weighted by molar-refractivity contribution is 0.128. The van der Waals surface area contributed by atoms with Crippen molar-refractivity contribution in [1.29, 1.82) is 0 Å². The molecule has 0 radical (unpaired) electrons. The predicted molar refractivity (Wildman–Crippen MR) is 131 cm³/mol. The fourth-order valence-corrected chi connectivity index (χ4v) is 7.29. The summed E-state index contributed by atoms with van der Waals surface area (Å²) in [5.74, 6) is 0. The van der Waals surface area contributed by atoms with Gasteiger partial charge in [0.05, 0.1) is 6.61 Å². The van der Waals surface area contributed by atoms with Gasteiger partial charge in [-0.25, -0.2) is 0 Å². The minimum atomic E-state index is -1.56. The lowest BCUT2D eigenvalue weighted by Crippen LogP contribution is -2.43.